The van der Waals surface area contributed by atoms with Crippen molar-refractivity contribution in [1.82, 2.24) is 0 Å². The second-order valence-corrected chi connectivity index (χ2v) is 4.99. The smallest absolute Gasteiger partial charge is 0.0399 e. The van der Waals surface area contributed by atoms with Gasteiger partial charge in [0.25, 0.3) is 0 Å². The quantitative estimate of drug-likeness (QED) is 0.288. The van der Waals surface area contributed by atoms with Crippen molar-refractivity contribution in [1.29, 1.82) is 0 Å². The predicted molar refractivity (Wildman–Crippen MR) is 95.8 cm³/mol. The molecule has 4 aromatic rings. The van der Waals surface area contributed by atoms with Gasteiger partial charge in [-0.1, -0.05) is 90.8 Å². The van der Waals surface area contributed by atoms with E-state index >= 15 is 0 Å². The summed E-state index contributed by atoms with van der Waals surface area (Å²) >= 11 is 0. The van der Waals surface area contributed by atoms with E-state index in [1.165, 1.54) is 10.8 Å². The van der Waals surface area contributed by atoms with Crippen molar-refractivity contribution >= 4 is 21.5 Å². The second kappa shape index (κ2) is 6.61. The molecule has 0 fully saturated rings. The lowest BCUT2D eigenvalue weighted by Crippen LogP contribution is -1.83. The molecule has 104 valence electrons. The zero-order valence-corrected chi connectivity index (χ0v) is 12.2. The summed E-state index contributed by atoms with van der Waals surface area (Å²) in [6.45, 7) is 0. The van der Waals surface area contributed by atoms with Crippen molar-refractivity contribution in [3.8, 4) is 12.3 Å². The van der Waals surface area contributed by atoms with Crippen molar-refractivity contribution < 1.29 is 0 Å². The van der Waals surface area contributed by atoms with Gasteiger partial charge in [0.15, 0.2) is 0 Å². The summed E-state index contributed by atoms with van der Waals surface area (Å²) in [6.07, 6.45) is 5.63. The second-order valence-electron chi connectivity index (χ2n) is 4.99. The Hall–Kier alpha value is -3.04. The van der Waals surface area contributed by atoms with Crippen LogP contribution in [0.3, 0.4) is 0 Å². The minimum atomic E-state index is 0.994. The maximum atomic E-state index is 5.63. The minimum absolute atomic E-state index is 0.994. The highest BCUT2D eigenvalue weighted by molar-refractivity contribution is 6.04. The average molecular weight is 280 g/mol. The fraction of sp³-hybridized carbons (Fsp3) is 0. The normalized spacial score (nSPS) is 9.77. The molecule has 0 heteroatoms. The minimum Gasteiger partial charge on any atom is -0.115 e. The van der Waals surface area contributed by atoms with Gasteiger partial charge in [-0.2, -0.15) is 0 Å². The van der Waals surface area contributed by atoms with Crippen molar-refractivity contribution in [3.63, 3.8) is 0 Å². The summed E-state index contributed by atoms with van der Waals surface area (Å²) in [7, 11) is 0. The number of fused-ring (bicyclic) bond motifs is 2. The standard InChI is InChI=1S/C16H10.C6H6/c1-2-14-15-9-5-3-7-12(15)11-13-8-4-6-10-16(13)14;1-2-4-6-5-3-1/h1,3-11H;1-6H. The third kappa shape index (κ3) is 2.85. The van der Waals surface area contributed by atoms with Crippen LogP contribution in [-0.4, -0.2) is 0 Å². The third-order valence-corrected chi connectivity index (χ3v) is 3.58. The Morgan fingerprint density at radius 3 is 1.36 bits per heavy atom. The van der Waals surface area contributed by atoms with E-state index in [-0.39, 0.29) is 0 Å². The van der Waals surface area contributed by atoms with Gasteiger partial charge in [0.1, 0.15) is 0 Å². The Morgan fingerprint density at radius 2 is 0.955 bits per heavy atom. The fourth-order valence-corrected chi connectivity index (χ4v) is 2.55. The zero-order chi connectivity index (χ0) is 15.2. The van der Waals surface area contributed by atoms with Crippen LogP contribution in [0, 0.1) is 12.3 Å². The largest absolute Gasteiger partial charge is 0.115 e. The third-order valence-electron chi connectivity index (χ3n) is 3.58. The van der Waals surface area contributed by atoms with E-state index in [0.717, 1.165) is 16.3 Å². The van der Waals surface area contributed by atoms with Crippen LogP contribution in [0.1, 0.15) is 5.56 Å². The van der Waals surface area contributed by atoms with E-state index in [1.54, 1.807) is 0 Å². The van der Waals surface area contributed by atoms with Gasteiger partial charge in [-0.15, -0.1) is 6.42 Å². The highest BCUT2D eigenvalue weighted by Gasteiger charge is 2.03. The van der Waals surface area contributed by atoms with Gasteiger partial charge in [-0.05, 0) is 27.6 Å². The van der Waals surface area contributed by atoms with Gasteiger partial charge in [0.2, 0.25) is 0 Å². The number of benzene rings is 4. The summed E-state index contributed by atoms with van der Waals surface area (Å²) in [5.41, 5.74) is 0.994. The lowest BCUT2D eigenvalue weighted by Gasteiger charge is -2.06. The van der Waals surface area contributed by atoms with Crippen LogP contribution in [0.15, 0.2) is 91.0 Å². The lowest BCUT2D eigenvalue weighted by molar-refractivity contribution is 1.72. The van der Waals surface area contributed by atoms with E-state index in [0.29, 0.717) is 0 Å². The molecule has 0 unspecified atom stereocenters. The SMILES string of the molecule is C#Cc1c2ccccc2cc2ccccc12.c1ccccc1. The Kier molecular flexibility index (Phi) is 4.18. The molecular weight excluding hydrogens is 264 g/mol. The van der Waals surface area contributed by atoms with Crippen molar-refractivity contribution in [3.05, 3.63) is 96.6 Å². The lowest BCUT2D eigenvalue weighted by atomic mass is 9.97. The predicted octanol–water partition coefficient (Wildman–Crippen LogP) is 5.66. The highest BCUT2D eigenvalue weighted by atomic mass is 14.1. The Labute approximate surface area is 131 Å². The van der Waals surface area contributed by atoms with Crippen molar-refractivity contribution in [2.45, 2.75) is 0 Å². The molecule has 0 nitrogen and oxygen atoms in total. The van der Waals surface area contributed by atoms with Gasteiger partial charge in [-0.3, -0.25) is 0 Å². The van der Waals surface area contributed by atoms with Gasteiger partial charge < -0.3 is 0 Å². The molecule has 0 saturated heterocycles. The Morgan fingerprint density at radius 1 is 0.545 bits per heavy atom. The molecule has 0 saturated carbocycles. The molecule has 0 amide bonds. The molecule has 0 heterocycles. The van der Waals surface area contributed by atoms with Crippen LogP contribution in [0.2, 0.25) is 0 Å². The van der Waals surface area contributed by atoms with Gasteiger partial charge in [0, 0.05) is 5.56 Å². The van der Waals surface area contributed by atoms with Crippen molar-refractivity contribution in [2.75, 3.05) is 0 Å². The monoisotopic (exact) mass is 280 g/mol. The molecule has 4 rings (SSSR count). The zero-order valence-electron chi connectivity index (χ0n) is 12.2. The molecule has 0 spiro atoms. The van der Waals surface area contributed by atoms with Crippen LogP contribution in [-0.2, 0) is 0 Å². The maximum absolute atomic E-state index is 5.63. The molecule has 0 aliphatic carbocycles. The molecule has 0 atom stereocenters. The van der Waals surface area contributed by atoms with E-state index in [4.69, 9.17) is 6.42 Å². The first kappa shape index (κ1) is 13.9. The maximum Gasteiger partial charge on any atom is 0.0399 e. The molecule has 4 aromatic carbocycles. The molecule has 0 radical (unpaired) electrons. The van der Waals surface area contributed by atoms with Crippen molar-refractivity contribution in [2.24, 2.45) is 0 Å². The van der Waals surface area contributed by atoms with Gasteiger partial charge >= 0.3 is 0 Å². The average Bonchev–Trinajstić information content (AvgIpc) is 2.61. The number of hydrogen-bond donors (Lipinski definition) is 0. The molecule has 22 heavy (non-hydrogen) atoms. The topological polar surface area (TPSA) is 0 Å². The van der Waals surface area contributed by atoms with Crippen LogP contribution >= 0.6 is 0 Å². The fourth-order valence-electron chi connectivity index (χ4n) is 2.55. The van der Waals surface area contributed by atoms with E-state index < -0.39 is 0 Å². The number of terminal acetylenes is 1. The van der Waals surface area contributed by atoms with E-state index in [9.17, 15) is 0 Å². The first-order valence-electron chi connectivity index (χ1n) is 7.27. The Balaban J connectivity index is 0.000000202. The molecule has 0 bridgehead atoms. The first-order chi connectivity index (χ1) is 10.9. The summed E-state index contributed by atoms with van der Waals surface area (Å²) in [4.78, 5) is 0. The van der Waals surface area contributed by atoms with Gasteiger partial charge in [-0.25, -0.2) is 0 Å². The molecule has 0 N–H and O–H groups in total. The van der Waals surface area contributed by atoms with E-state index in [2.05, 4.69) is 36.3 Å². The highest BCUT2D eigenvalue weighted by Crippen LogP contribution is 2.27. The molecule has 0 aliphatic rings. The molecule has 0 aromatic heterocycles. The first-order valence-corrected chi connectivity index (χ1v) is 7.27. The van der Waals surface area contributed by atoms with Crippen LogP contribution < -0.4 is 0 Å². The number of hydrogen-bond acceptors (Lipinski definition) is 0. The summed E-state index contributed by atoms with van der Waals surface area (Å²) in [5, 5.41) is 4.72. The van der Waals surface area contributed by atoms with Gasteiger partial charge in [0.05, 0.1) is 0 Å². The summed E-state index contributed by atoms with van der Waals surface area (Å²) < 4.78 is 0. The summed E-state index contributed by atoms with van der Waals surface area (Å²) in [6, 6.07) is 30.7. The Bertz CT molecular complexity index is 847. The number of rotatable bonds is 0. The summed E-state index contributed by atoms with van der Waals surface area (Å²) in [5.74, 6) is 2.81. The molecular formula is C22H16. The van der Waals surface area contributed by atoms with Crippen LogP contribution in [0.25, 0.3) is 21.5 Å². The van der Waals surface area contributed by atoms with Crippen LogP contribution in [0.4, 0.5) is 0 Å². The van der Waals surface area contributed by atoms with Crippen LogP contribution in [0.5, 0.6) is 0 Å². The van der Waals surface area contributed by atoms with E-state index in [1.807, 2.05) is 60.7 Å². The molecule has 0 aliphatic heterocycles.